The Balaban J connectivity index is 4.28. The summed E-state index contributed by atoms with van der Waals surface area (Å²) >= 11 is 0. The summed E-state index contributed by atoms with van der Waals surface area (Å²) in [5, 5.41) is 3.31. The first kappa shape index (κ1) is 12.2. The zero-order chi connectivity index (χ0) is 10.3. The molecule has 0 fully saturated rings. The summed E-state index contributed by atoms with van der Waals surface area (Å²) in [5.74, 6) is 1.01. The van der Waals surface area contributed by atoms with Gasteiger partial charge in [0, 0.05) is 12.6 Å². The first-order chi connectivity index (χ1) is 6.06. The van der Waals surface area contributed by atoms with E-state index >= 15 is 0 Å². The van der Waals surface area contributed by atoms with Crippen molar-refractivity contribution in [3.8, 4) is 0 Å². The normalized spacial score (nSPS) is 11.7. The molecule has 0 atom stereocenters. The number of nitrogens with one attached hydrogen (secondary N) is 1. The quantitative estimate of drug-likeness (QED) is 0.524. The number of rotatable bonds is 4. The third-order valence-electron chi connectivity index (χ3n) is 1.38. The van der Waals surface area contributed by atoms with Crippen LogP contribution in [0.2, 0.25) is 0 Å². The van der Waals surface area contributed by atoms with Crippen molar-refractivity contribution in [1.29, 1.82) is 0 Å². The summed E-state index contributed by atoms with van der Waals surface area (Å²) < 4.78 is 0. The molecule has 0 amide bonds. The van der Waals surface area contributed by atoms with Crippen LogP contribution in [0.15, 0.2) is 16.6 Å². The van der Waals surface area contributed by atoms with Crippen LogP contribution in [-0.4, -0.2) is 18.4 Å². The molecule has 0 aliphatic carbocycles. The van der Waals surface area contributed by atoms with Crippen molar-refractivity contribution in [2.24, 2.45) is 4.99 Å². The van der Waals surface area contributed by atoms with E-state index in [1.807, 2.05) is 0 Å². The average Bonchev–Trinajstić information content (AvgIpc) is 1.98. The Kier molecular flexibility index (Phi) is 6.29. The lowest BCUT2D eigenvalue weighted by Crippen LogP contribution is -2.23. The molecular weight excluding hydrogens is 160 g/mol. The van der Waals surface area contributed by atoms with Crippen LogP contribution >= 0.6 is 0 Å². The Morgan fingerprint density at radius 1 is 1.38 bits per heavy atom. The fourth-order valence-corrected chi connectivity index (χ4v) is 0.939. The Labute approximate surface area is 82.1 Å². The molecule has 76 valence electrons. The van der Waals surface area contributed by atoms with E-state index in [-0.39, 0.29) is 0 Å². The summed E-state index contributed by atoms with van der Waals surface area (Å²) in [4.78, 5) is 4.48. The minimum absolute atomic E-state index is 0.356. The van der Waals surface area contributed by atoms with Crippen LogP contribution in [0.4, 0.5) is 0 Å². The minimum Gasteiger partial charge on any atom is -0.370 e. The fraction of sp³-hybridized carbons (Fsp3) is 0.727. The molecule has 0 aliphatic rings. The van der Waals surface area contributed by atoms with Gasteiger partial charge in [0.1, 0.15) is 5.84 Å². The molecule has 1 N–H and O–H groups in total. The van der Waals surface area contributed by atoms with Crippen LogP contribution < -0.4 is 5.32 Å². The molecule has 0 unspecified atom stereocenters. The second-order valence-corrected chi connectivity index (χ2v) is 3.76. The van der Waals surface area contributed by atoms with Crippen molar-refractivity contribution in [2.75, 3.05) is 6.54 Å². The first-order valence-corrected chi connectivity index (χ1v) is 5.02. The number of hydrogen-bond donors (Lipinski definition) is 1. The van der Waals surface area contributed by atoms with Gasteiger partial charge >= 0.3 is 0 Å². The Bertz CT molecular complexity index is 186. The van der Waals surface area contributed by atoms with Crippen molar-refractivity contribution in [1.82, 2.24) is 5.32 Å². The summed E-state index contributed by atoms with van der Waals surface area (Å²) in [6.45, 7) is 11.5. The van der Waals surface area contributed by atoms with Crippen molar-refractivity contribution >= 4 is 5.84 Å². The average molecular weight is 182 g/mol. The van der Waals surface area contributed by atoms with E-state index in [1.54, 1.807) is 0 Å². The van der Waals surface area contributed by atoms with Gasteiger partial charge in [-0.15, -0.1) is 0 Å². The smallest absolute Gasteiger partial charge is 0.120 e. The van der Waals surface area contributed by atoms with E-state index in [0.717, 1.165) is 18.8 Å². The van der Waals surface area contributed by atoms with E-state index < -0.39 is 0 Å². The highest BCUT2D eigenvalue weighted by atomic mass is 15.0. The van der Waals surface area contributed by atoms with Gasteiger partial charge in [-0.05, 0) is 40.2 Å². The molecule has 0 aliphatic heterocycles. The minimum atomic E-state index is 0.356. The first-order valence-electron chi connectivity index (χ1n) is 5.02. The van der Waals surface area contributed by atoms with E-state index in [2.05, 4.69) is 51.0 Å². The van der Waals surface area contributed by atoms with E-state index in [4.69, 9.17) is 0 Å². The molecule has 0 aromatic rings. The Hall–Kier alpha value is -0.790. The summed E-state index contributed by atoms with van der Waals surface area (Å²) in [6.07, 6.45) is 3.23. The van der Waals surface area contributed by atoms with Gasteiger partial charge in [0.2, 0.25) is 0 Å². The Morgan fingerprint density at radius 2 is 2.00 bits per heavy atom. The molecule has 0 rings (SSSR count). The highest BCUT2D eigenvalue weighted by Gasteiger charge is 1.95. The lowest BCUT2D eigenvalue weighted by molar-refractivity contribution is 0.796. The molecule has 0 aromatic carbocycles. The highest BCUT2D eigenvalue weighted by molar-refractivity contribution is 5.93. The number of allylic oxidation sites excluding steroid dienone is 1. The van der Waals surface area contributed by atoms with Gasteiger partial charge in [-0.25, -0.2) is 0 Å². The highest BCUT2D eigenvalue weighted by Crippen LogP contribution is 1.93. The van der Waals surface area contributed by atoms with E-state index in [9.17, 15) is 0 Å². The van der Waals surface area contributed by atoms with E-state index in [0.29, 0.717) is 6.04 Å². The molecule has 0 radical (unpaired) electrons. The predicted octanol–water partition coefficient (Wildman–Crippen LogP) is 2.76. The monoisotopic (exact) mass is 182 g/mol. The SMILES string of the molecule is CCCN/C(C=C(C)C)=N/C(C)C. The zero-order valence-corrected chi connectivity index (χ0v) is 9.52. The molecule has 0 saturated carbocycles. The van der Waals surface area contributed by atoms with Crippen molar-refractivity contribution in [3.05, 3.63) is 11.6 Å². The summed E-state index contributed by atoms with van der Waals surface area (Å²) in [5.41, 5.74) is 1.28. The van der Waals surface area contributed by atoms with Crippen LogP contribution in [0.1, 0.15) is 41.0 Å². The molecular formula is C11H22N2. The van der Waals surface area contributed by atoms with Crippen molar-refractivity contribution in [2.45, 2.75) is 47.1 Å². The van der Waals surface area contributed by atoms with Crippen LogP contribution in [0.25, 0.3) is 0 Å². The second-order valence-electron chi connectivity index (χ2n) is 3.76. The van der Waals surface area contributed by atoms with Gasteiger partial charge in [0.05, 0.1) is 0 Å². The van der Waals surface area contributed by atoms with Gasteiger partial charge in [0.15, 0.2) is 0 Å². The van der Waals surface area contributed by atoms with Gasteiger partial charge in [-0.2, -0.15) is 0 Å². The van der Waals surface area contributed by atoms with Gasteiger partial charge < -0.3 is 5.32 Å². The van der Waals surface area contributed by atoms with Gasteiger partial charge in [-0.3, -0.25) is 4.99 Å². The fourth-order valence-electron chi connectivity index (χ4n) is 0.939. The molecule has 0 bridgehead atoms. The number of aliphatic imine (C=N–C) groups is 1. The maximum absolute atomic E-state index is 4.48. The standard InChI is InChI=1S/C11H22N2/c1-6-7-12-11(8-9(2)3)13-10(4)5/h8,10H,6-7H2,1-5H3,(H,12,13). The van der Waals surface area contributed by atoms with Crippen LogP contribution in [-0.2, 0) is 0 Å². The molecule has 0 spiro atoms. The maximum Gasteiger partial charge on any atom is 0.120 e. The maximum atomic E-state index is 4.48. The third kappa shape index (κ3) is 7.57. The number of hydrogen-bond acceptors (Lipinski definition) is 1. The van der Waals surface area contributed by atoms with E-state index in [1.165, 1.54) is 5.57 Å². The molecule has 2 nitrogen and oxygen atoms in total. The molecule has 2 heteroatoms. The lowest BCUT2D eigenvalue weighted by Gasteiger charge is -2.07. The second kappa shape index (κ2) is 6.70. The molecule has 0 aromatic heterocycles. The van der Waals surface area contributed by atoms with Gasteiger partial charge in [0.25, 0.3) is 0 Å². The van der Waals surface area contributed by atoms with Crippen LogP contribution in [0.5, 0.6) is 0 Å². The Morgan fingerprint density at radius 3 is 2.38 bits per heavy atom. The summed E-state index contributed by atoms with van der Waals surface area (Å²) in [6, 6.07) is 0.356. The molecule has 0 heterocycles. The van der Waals surface area contributed by atoms with Crippen molar-refractivity contribution in [3.63, 3.8) is 0 Å². The van der Waals surface area contributed by atoms with Crippen molar-refractivity contribution < 1.29 is 0 Å². The molecule has 0 saturated heterocycles. The third-order valence-corrected chi connectivity index (χ3v) is 1.38. The topological polar surface area (TPSA) is 24.4 Å². The summed E-state index contributed by atoms with van der Waals surface area (Å²) in [7, 11) is 0. The molecule has 13 heavy (non-hydrogen) atoms. The lowest BCUT2D eigenvalue weighted by atomic mass is 10.3. The number of nitrogens with zero attached hydrogens (tertiary/aromatic N) is 1. The predicted molar refractivity (Wildman–Crippen MR) is 60.3 cm³/mol. The van der Waals surface area contributed by atoms with Crippen LogP contribution in [0.3, 0.4) is 0 Å². The largest absolute Gasteiger partial charge is 0.370 e. The van der Waals surface area contributed by atoms with Crippen LogP contribution in [0, 0.1) is 0 Å². The zero-order valence-electron chi connectivity index (χ0n) is 9.52. The number of amidine groups is 1. The van der Waals surface area contributed by atoms with Gasteiger partial charge in [-0.1, -0.05) is 12.5 Å².